The molecule has 0 radical (unpaired) electrons. The minimum atomic E-state index is 0.135. The summed E-state index contributed by atoms with van der Waals surface area (Å²) in [6.07, 6.45) is 0. The maximum Gasteiger partial charge on any atom is 0.123 e. The Bertz CT molecular complexity index is 610. The van der Waals surface area contributed by atoms with Crippen LogP contribution < -0.4 is 4.74 Å². The van der Waals surface area contributed by atoms with Crippen molar-refractivity contribution in [3.8, 4) is 5.75 Å². The van der Waals surface area contributed by atoms with Gasteiger partial charge in [-0.3, -0.25) is 0 Å². The SMILES string of the molecule is CCOc1ccccc1C(Br)c1ccc2c(c1)COC2. The van der Waals surface area contributed by atoms with Gasteiger partial charge in [0.25, 0.3) is 0 Å². The molecule has 0 bridgehead atoms. The van der Waals surface area contributed by atoms with Gasteiger partial charge in [0.2, 0.25) is 0 Å². The van der Waals surface area contributed by atoms with Crippen LogP contribution in [0.25, 0.3) is 0 Å². The summed E-state index contributed by atoms with van der Waals surface area (Å²) in [6.45, 7) is 4.13. The molecule has 1 aliphatic rings. The number of benzene rings is 2. The van der Waals surface area contributed by atoms with Gasteiger partial charge in [-0.15, -0.1) is 0 Å². The minimum Gasteiger partial charge on any atom is -0.494 e. The molecule has 0 spiro atoms. The van der Waals surface area contributed by atoms with E-state index in [2.05, 4.69) is 40.2 Å². The fourth-order valence-corrected chi connectivity index (χ4v) is 3.17. The van der Waals surface area contributed by atoms with Crippen molar-refractivity contribution in [1.29, 1.82) is 0 Å². The number of alkyl halides is 1. The average Bonchev–Trinajstić information content (AvgIpc) is 2.95. The van der Waals surface area contributed by atoms with E-state index in [1.807, 2.05) is 25.1 Å². The largest absolute Gasteiger partial charge is 0.494 e. The number of hydrogen-bond acceptors (Lipinski definition) is 2. The Labute approximate surface area is 127 Å². The van der Waals surface area contributed by atoms with E-state index in [4.69, 9.17) is 9.47 Å². The summed E-state index contributed by atoms with van der Waals surface area (Å²) in [6, 6.07) is 14.7. The Kier molecular flexibility index (Phi) is 4.08. The molecule has 104 valence electrons. The first-order valence-electron chi connectivity index (χ1n) is 6.85. The lowest BCUT2D eigenvalue weighted by molar-refractivity contribution is 0.134. The minimum absolute atomic E-state index is 0.135. The van der Waals surface area contributed by atoms with Crippen molar-refractivity contribution in [2.45, 2.75) is 25.0 Å². The van der Waals surface area contributed by atoms with Crippen molar-refractivity contribution in [3.63, 3.8) is 0 Å². The number of fused-ring (bicyclic) bond motifs is 1. The predicted molar refractivity (Wildman–Crippen MR) is 83.3 cm³/mol. The van der Waals surface area contributed by atoms with Gasteiger partial charge in [-0.1, -0.05) is 52.3 Å². The van der Waals surface area contributed by atoms with Crippen LogP contribution in [0.15, 0.2) is 42.5 Å². The molecule has 2 nitrogen and oxygen atoms in total. The first-order chi connectivity index (χ1) is 9.79. The average molecular weight is 333 g/mol. The summed E-state index contributed by atoms with van der Waals surface area (Å²) < 4.78 is 11.2. The highest BCUT2D eigenvalue weighted by atomic mass is 79.9. The fourth-order valence-electron chi connectivity index (χ4n) is 2.51. The highest BCUT2D eigenvalue weighted by Gasteiger charge is 2.18. The van der Waals surface area contributed by atoms with Crippen LogP contribution in [0, 0.1) is 0 Å². The molecule has 0 saturated carbocycles. The Hall–Kier alpha value is -1.32. The van der Waals surface area contributed by atoms with Crippen LogP contribution >= 0.6 is 15.9 Å². The number of halogens is 1. The summed E-state index contributed by atoms with van der Waals surface area (Å²) in [4.78, 5) is 0.135. The van der Waals surface area contributed by atoms with Gasteiger partial charge in [-0.25, -0.2) is 0 Å². The summed E-state index contributed by atoms with van der Waals surface area (Å²) in [5, 5.41) is 0. The van der Waals surface area contributed by atoms with Crippen LogP contribution in [-0.4, -0.2) is 6.61 Å². The van der Waals surface area contributed by atoms with Crippen molar-refractivity contribution in [1.82, 2.24) is 0 Å². The van der Waals surface area contributed by atoms with Crippen molar-refractivity contribution in [2.75, 3.05) is 6.61 Å². The van der Waals surface area contributed by atoms with E-state index in [1.165, 1.54) is 16.7 Å². The lowest BCUT2D eigenvalue weighted by Gasteiger charge is -2.16. The lowest BCUT2D eigenvalue weighted by Crippen LogP contribution is -2.00. The van der Waals surface area contributed by atoms with Crippen LogP contribution in [0.4, 0.5) is 0 Å². The second-order valence-corrected chi connectivity index (χ2v) is 5.77. The zero-order valence-corrected chi connectivity index (χ0v) is 13.0. The van der Waals surface area contributed by atoms with E-state index in [1.54, 1.807) is 0 Å². The van der Waals surface area contributed by atoms with Crippen LogP contribution in [0.1, 0.15) is 34.0 Å². The van der Waals surface area contributed by atoms with Gasteiger partial charge < -0.3 is 9.47 Å². The van der Waals surface area contributed by atoms with Crippen LogP contribution in [-0.2, 0) is 18.0 Å². The van der Waals surface area contributed by atoms with Gasteiger partial charge in [0, 0.05) is 5.56 Å². The molecule has 2 aromatic carbocycles. The third-order valence-corrected chi connectivity index (χ3v) is 4.55. The molecule has 0 fully saturated rings. The monoisotopic (exact) mass is 332 g/mol. The standard InChI is InChI=1S/C17H17BrO2/c1-2-20-16-6-4-3-5-15(16)17(18)12-7-8-13-10-19-11-14(13)9-12/h3-9,17H,2,10-11H2,1H3. The maximum atomic E-state index is 5.72. The molecule has 0 aliphatic carbocycles. The fraction of sp³-hybridized carbons (Fsp3) is 0.294. The van der Waals surface area contributed by atoms with Gasteiger partial charge in [0.1, 0.15) is 5.75 Å². The lowest BCUT2D eigenvalue weighted by atomic mass is 10.00. The van der Waals surface area contributed by atoms with Gasteiger partial charge in [-0.05, 0) is 29.7 Å². The second-order valence-electron chi connectivity index (χ2n) is 4.85. The van der Waals surface area contributed by atoms with Crippen molar-refractivity contribution >= 4 is 15.9 Å². The predicted octanol–water partition coefficient (Wildman–Crippen LogP) is 4.60. The van der Waals surface area contributed by atoms with E-state index in [-0.39, 0.29) is 4.83 Å². The summed E-state index contributed by atoms with van der Waals surface area (Å²) in [7, 11) is 0. The molecule has 0 aromatic heterocycles. The molecule has 1 atom stereocenters. The Morgan fingerprint density at radius 2 is 1.95 bits per heavy atom. The topological polar surface area (TPSA) is 18.5 Å². The highest BCUT2D eigenvalue weighted by Crippen LogP contribution is 2.37. The molecular formula is C17H17BrO2. The van der Waals surface area contributed by atoms with E-state index >= 15 is 0 Å². The molecule has 20 heavy (non-hydrogen) atoms. The normalized spacial score (nSPS) is 14.9. The molecular weight excluding hydrogens is 316 g/mol. The molecule has 3 heteroatoms. The number of para-hydroxylation sites is 1. The number of rotatable bonds is 4. The van der Waals surface area contributed by atoms with E-state index in [0.29, 0.717) is 6.61 Å². The first kappa shape index (κ1) is 13.7. The van der Waals surface area contributed by atoms with Gasteiger partial charge in [-0.2, -0.15) is 0 Å². The van der Waals surface area contributed by atoms with Gasteiger partial charge in [0.05, 0.1) is 24.6 Å². The molecule has 1 aliphatic heterocycles. The number of ether oxygens (including phenoxy) is 2. The Morgan fingerprint density at radius 1 is 1.15 bits per heavy atom. The third kappa shape index (κ3) is 2.60. The zero-order chi connectivity index (χ0) is 13.9. The summed E-state index contributed by atoms with van der Waals surface area (Å²) in [5.41, 5.74) is 4.99. The second kappa shape index (κ2) is 5.98. The Balaban J connectivity index is 1.94. The van der Waals surface area contributed by atoms with Gasteiger partial charge >= 0.3 is 0 Å². The molecule has 1 heterocycles. The molecule has 3 rings (SSSR count). The van der Waals surface area contributed by atoms with E-state index in [0.717, 1.165) is 24.5 Å². The third-order valence-electron chi connectivity index (χ3n) is 3.53. The number of hydrogen-bond donors (Lipinski definition) is 0. The van der Waals surface area contributed by atoms with Gasteiger partial charge in [0.15, 0.2) is 0 Å². The van der Waals surface area contributed by atoms with Crippen molar-refractivity contribution in [3.05, 3.63) is 64.7 Å². The Morgan fingerprint density at radius 3 is 2.80 bits per heavy atom. The molecule has 1 unspecified atom stereocenters. The first-order valence-corrected chi connectivity index (χ1v) is 7.76. The quantitative estimate of drug-likeness (QED) is 0.762. The van der Waals surface area contributed by atoms with Crippen molar-refractivity contribution < 1.29 is 9.47 Å². The van der Waals surface area contributed by atoms with Crippen molar-refractivity contribution in [2.24, 2.45) is 0 Å². The van der Waals surface area contributed by atoms with Crippen LogP contribution in [0.2, 0.25) is 0 Å². The molecule has 0 N–H and O–H groups in total. The summed E-state index contributed by atoms with van der Waals surface area (Å²) in [5.74, 6) is 0.939. The van der Waals surface area contributed by atoms with Crippen LogP contribution in [0.5, 0.6) is 5.75 Å². The van der Waals surface area contributed by atoms with E-state index in [9.17, 15) is 0 Å². The zero-order valence-electron chi connectivity index (χ0n) is 11.4. The van der Waals surface area contributed by atoms with E-state index < -0.39 is 0 Å². The molecule has 2 aromatic rings. The highest BCUT2D eigenvalue weighted by molar-refractivity contribution is 9.09. The molecule has 0 saturated heterocycles. The summed E-state index contributed by atoms with van der Waals surface area (Å²) >= 11 is 3.80. The van der Waals surface area contributed by atoms with Crippen LogP contribution in [0.3, 0.4) is 0 Å². The smallest absolute Gasteiger partial charge is 0.123 e. The maximum absolute atomic E-state index is 5.72. The molecule has 0 amide bonds.